The van der Waals surface area contributed by atoms with E-state index in [4.69, 9.17) is 14.2 Å². The number of methoxy groups -OCH3 is 1. The monoisotopic (exact) mass is 416 g/mol. The van der Waals surface area contributed by atoms with Gasteiger partial charge in [-0.25, -0.2) is 9.59 Å². The average molecular weight is 416 g/mol. The van der Waals surface area contributed by atoms with Crippen LogP contribution in [0.5, 0.6) is 5.75 Å². The molecule has 0 fully saturated rings. The van der Waals surface area contributed by atoms with Crippen molar-refractivity contribution < 1.29 is 28.6 Å². The van der Waals surface area contributed by atoms with Crippen LogP contribution in [0.4, 0.5) is 0 Å². The third-order valence-corrected chi connectivity index (χ3v) is 4.42. The molecule has 8 heteroatoms. The van der Waals surface area contributed by atoms with Gasteiger partial charge in [-0.15, -0.1) is 0 Å². The van der Waals surface area contributed by atoms with Gasteiger partial charge in [-0.2, -0.15) is 0 Å². The number of esters is 2. The molecule has 1 aromatic heterocycles. The number of aromatic amines is 1. The lowest BCUT2D eigenvalue weighted by Gasteiger charge is -2.08. The minimum Gasteiger partial charge on any atom is -0.497 e. The molecule has 0 aliphatic rings. The first-order valence-electron chi connectivity index (χ1n) is 9.69. The molecule has 0 bridgehead atoms. The highest BCUT2D eigenvalue weighted by atomic mass is 16.5. The van der Waals surface area contributed by atoms with E-state index in [-0.39, 0.29) is 11.8 Å². The summed E-state index contributed by atoms with van der Waals surface area (Å²) in [4.78, 5) is 39.4. The van der Waals surface area contributed by atoms with E-state index in [2.05, 4.69) is 10.3 Å². The summed E-state index contributed by atoms with van der Waals surface area (Å²) in [7, 11) is 1.60. The fourth-order valence-electron chi connectivity index (χ4n) is 2.93. The Kier molecular flexibility index (Phi) is 8.03. The summed E-state index contributed by atoms with van der Waals surface area (Å²) in [5, 5.41) is 2.71. The zero-order valence-corrected chi connectivity index (χ0v) is 18.0. The predicted octanol–water partition coefficient (Wildman–Crippen LogP) is 2.72. The summed E-state index contributed by atoms with van der Waals surface area (Å²) in [5.74, 6) is -0.849. The molecule has 2 rings (SSSR count). The first-order chi connectivity index (χ1) is 14.2. The second-order valence-electron chi connectivity index (χ2n) is 7.10. The van der Waals surface area contributed by atoms with Crippen LogP contribution in [0.15, 0.2) is 24.3 Å². The topological polar surface area (TPSA) is 107 Å². The molecule has 2 aromatic rings. The van der Waals surface area contributed by atoms with E-state index < -0.39 is 24.5 Å². The standard InChI is InChI=1S/C22H28N2O6/c1-13(2)30-21(26)19-14(3)20(24-15(19)4)22(27)29-12-18(25)23-11-10-16-6-8-17(28-5)9-7-16/h6-9,13,24H,10-12H2,1-5H3,(H,23,25). The Morgan fingerprint density at radius 1 is 1.07 bits per heavy atom. The molecule has 1 amide bonds. The number of benzene rings is 1. The van der Waals surface area contributed by atoms with E-state index in [1.807, 2.05) is 24.3 Å². The molecule has 0 radical (unpaired) electrons. The van der Waals surface area contributed by atoms with Gasteiger partial charge in [-0.05, 0) is 57.4 Å². The molecule has 0 atom stereocenters. The Labute approximate surface area is 175 Å². The number of nitrogens with one attached hydrogen (secondary N) is 2. The van der Waals surface area contributed by atoms with Crippen molar-refractivity contribution in [3.8, 4) is 5.75 Å². The summed E-state index contributed by atoms with van der Waals surface area (Å²) in [6, 6.07) is 7.54. The SMILES string of the molecule is COc1ccc(CCNC(=O)COC(=O)c2[nH]c(C)c(C(=O)OC(C)C)c2C)cc1. The molecule has 2 N–H and O–H groups in total. The minimum absolute atomic E-state index is 0.134. The molecule has 0 aliphatic heterocycles. The lowest BCUT2D eigenvalue weighted by atomic mass is 10.1. The number of aryl methyl sites for hydroxylation is 1. The van der Waals surface area contributed by atoms with Gasteiger partial charge in [0.05, 0.1) is 18.8 Å². The van der Waals surface area contributed by atoms with E-state index in [0.29, 0.717) is 29.8 Å². The zero-order chi connectivity index (χ0) is 22.3. The van der Waals surface area contributed by atoms with Crippen LogP contribution < -0.4 is 10.1 Å². The van der Waals surface area contributed by atoms with Crippen LogP contribution in [-0.4, -0.2) is 49.2 Å². The quantitative estimate of drug-likeness (QED) is 0.609. The molecule has 162 valence electrons. The number of hydrogen-bond donors (Lipinski definition) is 2. The van der Waals surface area contributed by atoms with Crippen molar-refractivity contribution in [3.05, 3.63) is 52.3 Å². The van der Waals surface area contributed by atoms with Crippen molar-refractivity contribution in [2.24, 2.45) is 0 Å². The van der Waals surface area contributed by atoms with Gasteiger partial charge >= 0.3 is 11.9 Å². The number of rotatable bonds is 9. The van der Waals surface area contributed by atoms with Gasteiger partial charge in [0, 0.05) is 12.2 Å². The maximum atomic E-state index is 12.3. The Morgan fingerprint density at radius 2 is 1.73 bits per heavy atom. The van der Waals surface area contributed by atoms with E-state index >= 15 is 0 Å². The van der Waals surface area contributed by atoms with E-state index in [9.17, 15) is 14.4 Å². The first-order valence-corrected chi connectivity index (χ1v) is 9.69. The Bertz CT molecular complexity index is 899. The van der Waals surface area contributed by atoms with Gasteiger partial charge in [0.2, 0.25) is 0 Å². The minimum atomic E-state index is -0.704. The molecule has 0 saturated carbocycles. The highest BCUT2D eigenvalue weighted by molar-refractivity contribution is 5.99. The fourth-order valence-corrected chi connectivity index (χ4v) is 2.93. The molecule has 0 saturated heterocycles. The molecule has 30 heavy (non-hydrogen) atoms. The van der Waals surface area contributed by atoms with Crippen LogP contribution in [0.2, 0.25) is 0 Å². The van der Waals surface area contributed by atoms with Crippen LogP contribution in [-0.2, 0) is 20.7 Å². The maximum Gasteiger partial charge on any atom is 0.355 e. The van der Waals surface area contributed by atoms with Gasteiger partial charge in [-0.1, -0.05) is 12.1 Å². The zero-order valence-electron chi connectivity index (χ0n) is 18.0. The number of ether oxygens (including phenoxy) is 3. The van der Waals surface area contributed by atoms with Crippen molar-refractivity contribution >= 4 is 17.8 Å². The van der Waals surface area contributed by atoms with E-state index in [1.165, 1.54) is 0 Å². The van der Waals surface area contributed by atoms with Gasteiger partial charge < -0.3 is 24.5 Å². The number of aromatic nitrogens is 1. The van der Waals surface area contributed by atoms with Crippen LogP contribution in [0.3, 0.4) is 0 Å². The maximum absolute atomic E-state index is 12.3. The van der Waals surface area contributed by atoms with E-state index in [1.54, 1.807) is 34.8 Å². The second kappa shape index (κ2) is 10.5. The summed E-state index contributed by atoms with van der Waals surface area (Å²) >= 11 is 0. The van der Waals surface area contributed by atoms with Crippen LogP contribution in [0, 0.1) is 13.8 Å². The van der Waals surface area contributed by atoms with Crippen LogP contribution in [0.25, 0.3) is 0 Å². The predicted molar refractivity (Wildman–Crippen MR) is 111 cm³/mol. The van der Waals surface area contributed by atoms with Crippen molar-refractivity contribution in [2.75, 3.05) is 20.3 Å². The number of H-pyrrole nitrogens is 1. The molecule has 1 aromatic carbocycles. The molecule has 1 heterocycles. The lowest BCUT2D eigenvalue weighted by molar-refractivity contribution is -0.124. The number of carbonyl (C=O) groups excluding carboxylic acids is 3. The third kappa shape index (κ3) is 6.10. The van der Waals surface area contributed by atoms with Gasteiger partial charge in [0.25, 0.3) is 5.91 Å². The largest absolute Gasteiger partial charge is 0.497 e. The molecular formula is C22H28N2O6. The van der Waals surface area contributed by atoms with E-state index in [0.717, 1.165) is 11.3 Å². The van der Waals surface area contributed by atoms with Crippen molar-refractivity contribution in [1.29, 1.82) is 0 Å². The lowest BCUT2D eigenvalue weighted by Crippen LogP contribution is -2.30. The van der Waals surface area contributed by atoms with Crippen molar-refractivity contribution in [1.82, 2.24) is 10.3 Å². The Hall–Kier alpha value is -3.29. The molecular weight excluding hydrogens is 388 g/mol. The summed E-state index contributed by atoms with van der Waals surface area (Å²) in [6.07, 6.45) is 0.364. The van der Waals surface area contributed by atoms with Crippen LogP contribution >= 0.6 is 0 Å². The fraction of sp³-hybridized carbons (Fsp3) is 0.409. The average Bonchev–Trinajstić information content (AvgIpc) is 3.00. The molecule has 0 aliphatic carbocycles. The Morgan fingerprint density at radius 3 is 2.33 bits per heavy atom. The number of hydrogen-bond acceptors (Lipinski definition) is 6. The second-order valence-corrected chi connectivity index (χ2v) is 7.10. The number of amides is 1. The summed E-state index contributed by atoms with van der Waals surface area (Å²) < 4.78 is 15.4. The molecule has 0 spiro atoms. The highest BCUT2D eigenvalue weighted by Crippen LogP contribution is 2.20. The van der Waals surface area contributed by atoms with Crippen molar-refractivity contribution in [2.45, 2.75) is 40.2 Å². The smallest absolute Gasteiger partial charge is 0.355 e. The van der Waals surface area contributed by atoms with Gasteiger partial charge in [-0.3, -0.25) is 4.79 Å². The summed E-state index contributed by atoms with van der Waals surface area (Å²) in [5.41, 5.74) is 2.43. The molecule has 8 nitrogen and oxygen atoms in total. The van der Waals surface area contributed by atoms with Crippen molar-refractivity contribution in [3.63, 3.8) is 0 Å². The third-order valence-electron chi connectivity index (χ3n) is 4.42. The normalized spacial score (nSPS) is 10.6. The highest BCUT2D eigenvalue weighted by Gasteiger charge is 2.24. The number of carbonyl (C=O) groups is 3. The van der Waals surface area contributed by atoms with Gasteiger partial charge in [0.15, 0.2) is 6.61 Å². The Balaban J connectivity index is 1.84. The van der Waals surface area contributed by atoms with Crippen LogP contribution in [0.1, 0.15) is 51.5 Å². The molecule has 0 unspecified atom stereocenters. The van der Waals surface area contributed by atoms with Gasteiger partial charge in [0.1, 0.15) is 11.4 Å². The summed E-state index contributed by atoms with van der Waals surface area (Å²) in [6.45, 7) is 6.80. The first kappa shape index (κ1) is 23.0.